The van der Waals surface area contributed by atoms with E-state index in [1.807, 2.05) is 67.3 Å². The van der Waals surface area contributed by atoms with Crippen LogP contribution >= 0.6 is 0 Å². The van der Waals surface area contributed by atoms with Crippen molar-refractivity contribution in [2.75, 3.05) is 13.1 Å². The molecule has 0 spiro atoms. The van der Waals surface area contributed by atoms with E-state index in [0.717, 1.165) is 29.6 Å². The summed E-state index contributed by atoms with van der Waals surface area (Å²) in [5.41, 5.74) is 2.35. The van der Waals surface area contributed by atoms with Crippen LogP contribution in [0.15, 0.2) is 43.0 Å². The first-order chi connectivity index (χ1) is 19.1. The molecular weight excluding hydrogens is 504 g/mol. The molecule has 0 saturated carbocycles. The number of aromatic amines is 1. The minimum Gasteiger partial charge on any atom is -0.356 e. The van der Waals surface area contributed by atoms with Gasteiger partial charge < -0.3 is 24.7 Å². The number of H-pyrrole nitrogens is 1. The van der Waals surface area contributed by atoms with Crippen LogP contribution in [0.5, 0.6) is 0 Å². The fraction of sp³-hybridized carbons (Fsp3) is 0.548. The summed E-state index contributed by atoms with van der Waals surface area (Å²) in [5.74, 6) is -1.15. The molecule has 3 amide bonds. The maximum atomic E-state index is 14.4. The van der Waals surface area contributed by atoms with Crippen molar-refractivity contribution in [3.05, 3.63) is 54.2 Å². The average Bonchev–Trinajstić information content (AvgIpc) is 3.56. The van der Waals surface area contributed by atoms with Crippen LogP contribution in [0.4, 0.5) is 0 Å². The van der Waals surface area contributed by atoms with Crippen molar-refractivity contribution in [3.63, 3.8) is 0 Å². The Balaban J connectivity index is 1.42. The van der Waals surface area contributed by atoms with Gasteiger partial charge in [-0.3, -0.25) is 14.4 Å². The summed E-state index contributed by atoms with van der Waals surface area (Å²) in [7, 11) is 0. The first-order valence-corrected chi connectivity index (χ1v) is 14.6. The number of fused-ring (bicyclic) bond motifs is 5. The van der Waals surface area contributed by atoms with Crippen LogP contribution in [0.1, 0.15) is 65.1 Å². The lowest BCUT2D eigenvalue weighted by Gasteiger charge is -2.54. The van der Waals surface area contributed by atoms with Gasteiger partial charge in [0.25, 0.3) is 0 Å². The lowest BCUT2D eigenvalue weighted by Crippen LogP contribution is -2.65. The number of nitrogens with zero attached hydrogens (tertiary/aromatic N) is 4. The highest BCUT2D eigenvalue weighted by molar-refractivity contribution is 5.93. The lowest BCUT2D eigenvalue weighted by molar-refractivity contribution is -0.166. The molecule has 9 nitrogen and oxygen atoms in total. The van der Waals surface area contributed by atoms with E-state index in [-0.39, 0.29) is 36.2 Å². The van der Waals surface area contributed by atoms with Crippen LogP contribution in [0.3, 0.4) is 0 Å². The van der Waals surface area contributed by atoms with Gasteiger partial charge >= 0.3 is 0 Å². The molecule has 2 aromatic heterocycles. The van der Waals surface area contributed by atoms with E-state index >= 15 is 0 Å². The zero-order chi connectivity index (χ0) is 28.6. The van der Waals surface area contributed by atoms with Gasteiger partial charge in [-0.25, -0.2) is 4.98 Å². The Bertz CT molecular complexity index is 1370. The summed E-state index contributed by atoms with van der Waals surface area (Å²) in [6.45, 7) is 12.0. The Morgan fingerprint density at radius 3 is 2.65 bits per heavy atom. The second-order valence-corrected chi connectivity index (χ2v) is 12.0. The standard InChI is InChI=1S/C31H42N6O3/c1-20(2)37(21(3)4)30(40)25-17-22(18-27(38)33-12-8-14-35-16-13-32-19-35)29(39)36-15-11-24-23-9-6-7-10-26(23)34-28(24)31(25,36)5/h6-7,9-10,13,16,19-22,25,34H,8,11-12,14-15,17-18H2,1-5H3,(H,33,38)/t22?,25-,31+/m1/s1. The topological polar surface area (TPSA) is 103 Å². The first-order valence-electron chi connectivity index (χ1n) is 14.6. The minimum absolute atomic E-state index is 0.0187. The Morgan fingerprint density at radius 1 is 1.20 bits per heavy atom. The average molecular weight is 547 g/mol. The molecule has 9 heteroatoms. The first kappa shape index (κ1) is 27.9. The highest BCUT2D eigenvalue weighted by Gasteiger charge is 2.57. The van der Waals surface area contributed by atoms with Gasteiger partial charge in [0.1, 0.15) is 0 Å². The summed E-state index contributed by atoms with van der Waals surface area (Å²) in [6.07, 6.45) is 7.30. The smallest absolute Gasteiger partial charge is 0.228 e. The second kappa shape index (κ2) is 11.1. The maximum absolute atomic E-state index is 14.4. The molecule has 2 aliphatic heterocycles. The fourth-order valence-electron chi connectivity index (χ4n) is 7.02. The molecule has 1 aromatic carbocycles. The largest absolute Gasteiger partial charge is 0.356 e. The number of benzene rings is 1. The number of aryl methyl sites for hydroxylation is 1. The third-order valence-corrected chi connectivity index (χ3v) is 8.85. The predicted octanol–water partition coefficient (Wildman–Crippen LogP) is 3.84. The van der Waals surface area contributed by atoms with Crippen LogP contribution in [0.25, 0.3) is 10.9 Å². The van der Waals surface area contributed by atoms with Crippen LogP contribution < -0.4 is 5.32 Å². The molecule has 1 saturated heterocycles. The van der Waals surface area contributed by atoms with Crippen LogP contribution in [-0.2, 0) is 32.9 Å². The molecule has 0 bridgehead atoms. The van der Waals surface area contributed by atoms with E-state index in [1.54, 1.807) is 12.5 Å². The van der Waals surface area contributed by atoms with E-state index in [1.165, 1.54) is 5.56 Å². The van der Waals surface area contributed by atoms with E-state index in [4.69, 9.17) is 0 Å². The number of para-hydroxylation sites is 1. The van der Waals surface area contributed by atoms with E-state index in [9.17, 15) is 14.4 Å². The zero-order valence-corrected chi connectivity index (χ0v) is 24.3. The van der Waals surface area contributed by atoms with Crippen molar-refractivity contribution in [2.45, 2.75) is 84.5 Å². The minimum atomic E-state index is -0.819. The SMILES string of the molecule is CC(C)N(C(=O)[C@H]1CC(CC(=O)NCCCn2ccnc2)C(=O)N2CCc3c([nH]c4ccccc34)[C@]12C)C(C)C. The van der Waals surface area contributed by atoms with Crippen LogP contribution in [0.2, 0.25) is 0 Å². The summed E-state index contributed by atoms with van der Waals surface area (Å²) in [4.78, 5) is 52.9. The van der Waals surface area contributed by atoms with Gasteiger partial charge in [-0.2, -0.15) is 0 Å². The molecule has 4 heterocycles. The molecule has 5 rings (SSSR count). The number of aromatic nitrogens is 3. The molecule has 2 aliphatic rings. The molecule has 0 aliphatic carbocycles. The number of rotatable bonds is 9. The second-order valence-electron chi connectivity index (χ2n) is 12.0. The van der Waals surface area contributed by atoms with Crippen LogP contribution in [0, 0.1) is 11.8 Å². The number of hydrogen-bond donors (Lipinski definition) is 2. The van der Waals surface area contributed by atoms with E-state index in [2.05, 4.69) is 27.4 Å². The van der Waals surface area contributed by atoms with Crippen molar-refractivity contribution in [1.29, 1.82) is 0 Å². The van der Waals surface area contributed by atoms with Gasteiger partial charge in [-0.1, -0.05) is 18.2 Å². The number of amides is 3. The molecule has 1 fully saturated rings. The predicted molar refractivity (Wildman–Crippen MR) is 154 cm³/mol. The quantitative estimate of drug-likeness (QED) is 0.398. The van der Waals surface area contributed by atoms with Crippen molar-refractivity contribution < 1.29 is 14.4 Å². The van der Waals surface area contributed by atoms with Crippen molar-refractivity contribution in [2.24, 2.45) is 11.8 Å². The van der Waals surface area contributed by atoms with Gasteiger partial charge in [-0.05, 0) is 65.5 Å². The van der Waals surface area contributed by atoms with Gasteiger partial charge in [-0.15, -0.1) is 0 Å². The Hall–Kier alpha value is -3.62. The number of carbonyl (C=O) groups excluding carboxylic acids is 3. The van der Waals surface area contributed by atoms with Gasteiger partial charge in [0.05, 0.1) is 17.8 Å². The monoisotopic (exact) mass is 546 g/mol. The number of carbonyl (C=O) groups is 3. The summed E-state index contributed by atoms with van der Waals surface area (Å²) >= 11 is 0. The van der Waals surface area contributed by atoms with E-state index < -0.39 is 17.4 Å². The number of piperidine rings is 1. The highest BCUT2D eigenvalue weighted by Crippen LogP contribution is 2.50. The number of imidazole rings is 1. The lowest BCUT2D eigenvalue weighted by atomic mass is 9.67. The molecular formula is C31H42N6O3. The summed E-state index contributed by atoms with van der Waals surface area (Å²) < 4.78 is 1.97. The van der Waals surface area contributed by atoms with Gasteiger partial charge in [0, 0.05) is 73.0 Å². The highest BCUT2D eigenvalue weighted by atomic mass is 16.2. The van der Waals surface area contributed by atoms with Crippen molar-refractivity contribution in [1.82, 2.24) is 29.7 Å². The summed E-state index contributed by atoms with van der Waals surface area (Å²) in [5, 5.41) is 4.14. The molecule has 40 heavy (non-hydrogen) atoms. The third-order valence-electron chi connectivity index (χ3n) is 8.85. The van der Waals surface area contributed by atoms with E-state index in [0.29, 0.717) is 25.9 Å². The summed E-state index contributed by atoms with van der Waals surface area (Å²) in [6, 6.07) is 8.23. The maximum Gasteiger partial charge on any atom is 0.228 e. The van der Waals surface area contributed by atoms with Crippen molar-refractivity contribution in [3.8, 4) is 0 Å². The number of hydrogen-bond acceptors (Lipinski definition) is 4. The molecule has 3 aromatic rings. The molecule has 1 unspecified atom stereocenters. The number of nitrogens with one attached hydrogen (secondary N) is 2. The molecule has 2 N–H and O–H groups in total. The van der Waals surface area contributed by atoms with Gasteiger partial charge in [0.2, 0.25) is 17.7 Å². The Kier molecular flexibility index (Phi) is 7.75. The third kappa shape index (κ3) is 4.90. The van der Waals surface area contributed by atoms with Gasteiger partial charge in [0.15, 0.2) is 0 Å². The Morgan fingerprint density at radius 2 is 1.95 bits per heavy atom. The Labute approximate surface area is 236 Å². The molecule has 214 valence electrons. The zero-order valence-electron chi connectivity index (χ0n) is 24.3. The normalized spacial score (nSPS) is 22.5. The molecule has 0 radical (unpaired) electrons. The van der Waals surface area contributed by atoms with Crippen LogP contribution in [-0.4, -0.2) is 67.2 Å². The molecule has 3 atom stereocenters. The fourth-order valence-corrected chi connectivity index (χ4v) is 7.02. The van der Waals surface area contributed by atoms with Crippen molar-refractivity contribution >= 4 is 28.6 Å².